The Morgan fingerprint density at radius 2 is 1.56 bits per heavy atom. The molecule has 27 heavy (non-hydrogen) atoms. The van der Waals surface area contributed by atoms with Crippen molar-refractivity contribution < 1.29 is 4.79 Å². The van der Waals surface area contributed by atoms with Crippen LogP contribution in [0.2, 0.25) is 0 Å². The lowest BCUT2D eigenvalue weighted by atomic mass is 10.1. The molecular weight excluding hydrogens is 334 g/mol. The van der Waals surface area contributed by atoms with Crippen LogP contribution in [0.5, 0.6) is 0 Å². The molecule has 0 aromatic heterocycles. The van der Waals surface area contributed by atoms with Gasteiger partial charge in [-0.1, -0.05) is 12.1 Å². The van der Waals surface area contributed by atoms with E-state index >= 15 is 0 Å². The molecule has 1 aliphatic rings. The quantitative estimate of drug-likeness (QED) is 0.787. The molecule has 0 unspecified atom stereocenters. The van der Waals surface area contributed by atoms with Crippen molar-refractivity contribution >= 4 is 17.3 Å². The van der Waals surface area contributed by atoms with Crippen LogP contribution in [0, 0.1) is 0 Å². The molecule has 2 aromatic carbocycles. The van der Waals surface area contributed by atoms with E-state index in [-0.39, 0.29) is 5.91 Å². The highest BCUT2D eigenvalue weighted by molar-refractivity contribution is 5.94. The van der Waals surface area contributed by atoms with E-state index in [1.165, 1.54) is 30.6 Å². The van der Waals surface area contributed by atoms with Crippen molar-refractivity contribution in [1.29, 1.82) is 0 Å². The maximum Gasteiger partial charge on any atom is 0.251 e. The molecule has 0 saturated carbocycles. The summed E-state index contributed by atoms with van der Waals surface area (Å²) in [6, 6.07) is 16.4. The van der Waals surface area contributed by atoms with E-state index in [9.17, 15) is 4.79 Å². The minimum absolute atomic E-state index is 0.0204. The second-order valence-corrected chi connectivity index (χ2v) is 7.12. The molecule has 0 radical (unpaired) electrons. The Balaban J connectivity index is 1.54. The Labute approximate surface area is 163 Å². The molecule has 1 heterocycles. The molecule has 0 bridgehead atoms. The molecule has 0 atom stereocenters. The highest BCUT2D eigenvalue weighted by atomic mass is 16.1. The zero-order chi connectivity index (χ0) is 19.1. The van der Waals surface area contributed by atoms with Crippen molar-refractivity contribution in [3.05, 3.63) is 59.7 Å². The van der Waals surface area contributed by atoms with E-state index in [0.29, 0.717) is 6.54 Å². The normalized spacial score (nSPS) is 14.1. The van der Waals surface area contributed by atoms with E-state index in [0.717, 1.165) is 37.3 Å². The van der Waals surface area contributed by atoms with Crippen molar-refractivity contribution in [3.63, 3.8) is 0 Å². The molecule has 1 N–H and O–H groups in total. The SMILES string of the molecule is CCN(CC)c1ccc(CNC(=O)c2ccc(N3CCCCC3)cc2)cc1. The third-order valence-electron chi connectivity index (χ3n) is 5.37. The van der Waals surface area contributed by atoms with Crippen molar-refractivity contribution in [1.82, 2.24) is 5.32 Å². The lowest BCUT2D eigenvalue weighted by molar-refractivity contribution is 0.0951. The van der Waals surface area contributed by atoms with Crippen LogP contribution in [-0.4, -0.2) is 32.1 Å². The molecule has 4 nitrogen and oxygen atoms in total. The average molecular weight is 366 g/mol. The molecule has 2 aromatic rings. The molecule has 1 aliphatic heterocycles. The second kappa shape index (κ2) is 9.45. The average Bonchev–Trinajstić information content (AvgIpc) is 2.74. The largest absolute Gasteiger partial charge is 0.372 e. The van der Waals surface area contributed by atoms with Crippen LogP contribution in [0.25, 0.3) is 0 Å². The molecule has 0 spiro atoms. The number of nitrogens with one attached hydrogen (secondary N) is 1. The van der Waals surface area contributed by atoms with Crippen LogP contribution in [-0.2, 0) is 6.54 Å². The first-order chi connectivity index (χ1) is 13.2. The molecule has 4 heteroatoms. The van der Waals surface area contributed by atoms with Gasteiger partial charge in [-0.15, -0.1) is 0 Å². The monoisotopic (exact) mass is 365 g/mol. The first-order valence-corrected chi connectivity index (χ1v) is 10.2. The highest BCUT2D eigenvalue weighted by Crippen LogP contribution is 2.20. The molecule has 0 aliphatic carbocycles. The molecule has 1 amide bonds. The number of hydrogen-bond acceptors (Lipinski definition) is 3. The Bertz CT molecular complexity index is 714. The summed E-state index contributed by atoms with van der Waals surface area (Å²) in [4.78, 5) is 17.2. The lowest BCUT2D eigenvalue weighted by Crippen LogP contribution is -2.29. The van der Waals surface area contributed by atoms with Gasteiger partial charge in [-0.2, -0.15) is 0 Å². The van der Waals surface area contributed by atoms with E-state index < -0.39 is 0 Å². The summed E-state index contributed by atoms with van der Waals surface area (Å²) in [5, 5.41) is 3.02. The Hall–Kier alpha value is -2.49. The fraction of sp³-hybridized carbons (Fsp3) is 0.435. The summed E-state index contributed by atoms with van der Waals surface area (Å²) in [7, 11) is 0. The smallest absolute Gasteiger partial charge is 0.251 e. The number of carbonyl (C=O) groups is 1. The van der Waals surface area contributed by atoms with Gasteiger partial charge in [0.05, 0.1) is 0 Å². The summed E-state index contributed by atoms with van der Waals surface area (Å²) in [6.45, 7) is 9.11. The second-order valence-electron chi connectivity index (χ2n) is 7.12. The standard InChI is InChI=1S/C23H31N3O/c1-3-25(4-2)21-12-8-19(9-13-21)18-24-23(27)20-10-14-22(15-11-20)26-16-6-5-7-17-26/h8-15H,3-7,16-18H2,1-2H3,(H,24,27). The summed E-state index contributed by atoms with van der Waals surface area (Å²) in [5.74, 6) is -0.0204. The first-order valence-electron chi connectivity index (χ1n) is 10.2. The predicted octanol–water partition coefficient (Wildman–Crippen LogP) is 4.45. The molecular formula is C23H31N3O. The van der Waals surface area contributed by atoms with Gasteiger partial charge in [0.2, 0.25) is 0 Å². The molecule has 1 fully saturated rings. The van der Waals surface area contributed by atoms with Crippen molar-refractivity contribution in [3.8, 4) is 0 Å². The lowest BCUT2D eigenvalue weighted by Gasteiger charge is -2.28. The zero-order valence-corrected chi connectivity index (χ0v) is 16.6. The number of anilines is 2. The highest BCUT2D eigenvalue weighted by Gasteiger charge is 2.12. The van der Waals surface area contributed by atoms with E-state index in [1.807, 2.05) is 12.1 Å². The van der Waals surface area contributed by atoms with E-state index in [1.54, 1.807) is 0 Å². The number of rotatable bonds is 7. The van der Waals surface area contributed by atoms with Crippen LogP contribution >= 0.6 is 0 Å². The van der Waals surface area contributed by atoms with Gasteiger partial charge in [-0.3, -0.25) is 4.79 Å². The Morgan fingerprint density at radius 3 is 2.15 bits per heavy atom. The van der Waals surface area contributed by atoms with Gasteiger partial charge in [0.1, 0.15) is 0 Å². The number of hydrogen-bond donors (Lipinski definition) is 1. The molecule has 3 rings (SSSR count). The maximum atomic E-state index is 12.4. The minimum atomic E-state index is -0.0204. The minimum Gasteiger partial charge on any atom is -0.372 e. The topological polar surface area (TPSA) is 35.6 Å². The number of nitrogens with zero attached hydrogens (tertiary/aromatic N) is 2. The Kier molecular flexibility index (Phi) is 6.74. The van der Waals surface area contributed by atoms with Gasteiger partial charge < -0.3 is 15.1 Å². The van der Waals surface area contributed by atoms with Gasteiger partial charge in [0.25, 0.3) is 5.91 Å². The summed E-state index contributed by atoms with van der Waals surface area (Å²) in [5.41, 5.74) is 4.28. The fourth-order valence-corrected chi connectivity index (χ4v) is 3.67. The third kappa shape index (κ3) is 5.03. The van der Waals surface area contributed by atoms with Crippen molar-refractivity contribution in [2.24, 2.45) is 0 Å². The van der Waals surface area contributed by atoms with Crippen LogP contribution in [0.3, 0.4) is 0 Å². The van der Waals surface area contributed by atoms with Crippen LogP contribution < -0.4 is 15.1 Å². The van der Waals surface area contributed by atoms with E-state index in [2.05, 4.69) is 65.4 Å². The van der Waals surface area contributed by atoms with Gasteiger partial charge in [0, 0.05) is 49.7 Å². The van der Waals surface area contributed by atoms with Crippen LogP contribution in [0.1, 0.15) is 49.0 Å². The van der Waals surface area contributed by atoms with Gasteiger partial charge >= 0.3 is 0 Å². The maximum absolute atomic E-state index is 12.4. The summed E-state index contributed by atoms with van der Waals surface area (Å²) in [6.07, 6.45) is 3.84. The van der Waals surface area contributed by atoms with Crippen molar-refractivity contribution in [2.45, 2.75) is 39.7 Å². The van der Waals surface area contributed by atoms with Gasteiger partial charge in [-0.05, 0) is 75.1 Å². The fourth-order valence-electron chi connectivity index (χ4n) is 3.67. The Morgan fingerprint density at radius 1 is 0.926 bits per heavy atom. The van der Waals surface area contributed by atoms with Crippen LogP contribution in [0.4, 0.5) is 11.4 Å². The number of amides is 1. The van der Waals surface area contributed by atoms with Crippen LogP contribution in [0.15, 0.2) is 48.5 Å². The summed E-state index contributed by atoms with van der Waals surface area (Å²) >= 11 is 0. The first kappa shape index (κ1) is 19.3. The van der Waals surface area contributed by atoms with Crippen molar-refractivity contribution in [2.75, 3.05) is 36.0 Å². The van der Waals surface area contributed by atoms with E-state index in [4.69, 9.17) is 0 Å². The molecule has 144 valence electrons. The summed E-state index contributed by atoms with van der Waals surface area (Å²) < 4.78 is 0. The number of piperidine rings is 1. The predicted molar refractivity (Wildman–Crippen MR) is 114 cm³/mol. The molecule has 1 saturated heterocycles. The zero-order valence-electron chi connectivity index (χ0n) is 16.6. The number of carbonyl (C=O) groups excluding carboxylic acids is 1. The third-order valence-corrected chi connectivity index (χ3v) is 5.37. The number of benzene rings is 2. The van der Waals surface area contributed by atoms with Gasteiger partial charge in [-0.25, -0.2) is 0 Å². The van der Waals surface area contributed by atoms with Gasteiger partial charge in [0.15, 0.2) is 0 Å².